The zero-order valence-corrected chi connectivity index (χ0v) is 17.6. The molecule has 0 aliphatic rings. The molecule has 0 unspecified atom stereocenters. The number of aromatic hydroxyl groups is 1. The van der Waals surface area contributed by atoms with Gasteiger partial charge >= 0.3 is 57.4 Å². The molecule has 0 heterocycles. The quantitative estimate of drug-likeness (QED) is 0.311. The molecule has 0 spiro atoms. The van der Waals surface area contributed by atoms with Crippen LogP contribution in [0.25, 0.3) is 0 Å². The van der Waals surface area contributed by atoms with Crippen LogP contribution in [-0.2, 0) is 14.9 Å². The van der Waals surface area contributed by atoms with Crippen LogP contribution < -0.4 is 51.4 Å². The molecule has 0 radical (unpaired) electrons. The molecule has 0 saturated heterocycles. The average Bonchev–Trinajstić information content (AvgIpc) is 2.54. The molecule has 6 nitrogen and oxygen atoms in total. The number of phenolic OH excluding ortho intramolecular Hbond substituents is 1. The predicted molar refractivity (Wildman–Crippen MR) is 86.3 cm³/mol. The monoisotopic (exact) mass is 385 g/mol. The van der Waals surface area contributed by atoms with Crippen molar-refractivity contribution in [1.82, 2.24) is 0 Å². The first kappa shape index (κ1) is 21.9. The van der Waals surface area contributed by atoms with Crippen LogP contribution in [-0.4, -0.2) is 30.7 Å². The Kier molecular flexibility index (Phi) is 8.30. The second-order valence-electron chi connectivity index (χ2n) is 4.70. The molecule has 0 aliphatic heterocycles. The van der Waals surface area contributed by atoms with E-state index in [1.165, 1.54) is 42.5 Å². The predicted octanol–water partition coefficient (Wildman–Crippen LogP) is -0.781. The molecular weight excluding hydrogens is 371 g/mol. The Bertz CT molecular complexity index is 924. The fraction of sp³-hybridized carbons (Fsp3) is 0.118. The van der Waals surface area contributed by atoms with Gasteiger partial charge in [0.05, 0.1) is 11.5 Å². The Hall–Kier alpha value is -1.18. The zero-order chi connectivity index (χ0) is 17.7. The number of hydrogen-bond donors (Lipinski definition) is 2. The van der Waals surface area contributed by atoms with E-state index in [1.807, 2.05) is 0 Å². The Morgan fingerprint density at radius 3 is 2.20 bits per heavy atom. The third kappa shape index (κ3) is 6.24. The van der Waals surface area contributed by atoms with Gasteiger partial charge in [-0.2, -0.15) is 8.42 Å². The summed E-state index contributed by atoms with van der Waals surface area (Å²) in [4.78, 5) is 11.5. The summed E-state index contributed by atoms with van der Waals surface area (Å²) in [6, 6.07) is 9.66. The number of hydrogen-bond acceptors (Lipinski definition) is 5. The van der Waals surface area contributed by atoms with E-state index < -0.39 is 16.1 Å². The van der Waals surface area contributed by atoms with E-state index >= 15 is 0 Å². The topological polar surface area (TPSA) is 101 Å². The number of benzene rings is 2. The maximum absolute atomic E-state index is 11.7. The van der Waals surface area contributed by atoms with Gasteiger partial charge in [0, 0.05) is 11.1 Å². The van der Waals surface area contributed by atoms with Crippen molar-refractivity contribution in [3.8, 4) is 17.6 Å². The minimum atomic E-state index is -4.24. The number of rotatable bonds is 3. The third-order valence-corrected chi connectivity index (χ3v) is 3.86. The molecule has 25 heavy (non-hydrogen) atoms. The van der Waals surface area contributed by atoms with Crippen molar-refractivity contribution < 1.29 is 79.0 Å². The van der Waals surface area contributed by atoms with Crippen molar-refractivity contribution in [3.05, 3.63) is 59.2 Å². The van der Waals surface area contributed by atoms with E-state index in [1.54, 1.807) is 6.92 Å². The molecule has 2 rings (SSSR count). The zero-order valence-electron chi connectivity index (χ0n) is 13.7. The molecule has 0 fully saturated rings. The van der Waals surface area contributed by atoms with Crippen molar-refractivity contribution in [3.63, 3.8) is 0 Å². The van der Waals surface area contributed by atoms with Gasteiger partial charge in [0.25, 0.3) is 10.1 Å². The van der Waals surface area contributed by atoms with Crippen molar-refractivity contribution in [2.45, 2.75) is 11.8 Å². The smallest absolute Gasteiger partial charge is 0.507 e. The summed E-state index contributed by atoms with van der Waals surface area (Å²) in [5.41, 5.74) is 1.02. The molecule has 2 N–H and O–H groups in total. The van der Waals surface area contributed by atoms with Crippen molar-refractivity contribution in [1.29, 1.82) is 0 Å². The SMILES string of the molecule is CCOC(=O)c1cc(C#Cc2ccc(S(=O)(=O)O)cc2)ccc1O.[K+]. The van der Waals surface area contributed by atoms with Gasteiger partial charge in [-0.15, -0.1) is 0 Å². The normalized spacial score (nSPS) is 10.2. The number of ether oxygens (including phenoxy) is 1. The van der Waals surface area contributed by atoms with Crippen LogP contribution in [0.4, 0.5) is 0 Å². The first-order valence-electron chi connectivity index (χ1n) is 6.91. The fourth-order valence-corrected chi connectivity index (χ4v) is 2.32. The van der Waals surface area contributed by atoms with Crippen LogP contribution in [0.15, 0.2) is 47.4 Å². The third-order valence-electron chi connectivity index (χ3n) is 3.00. The number of carbonyl (C=O) groups is 1. The molecule has 2 aromatic carbocycles. The summed E-state index contributed by atoms with van der Waals surface area (Å²) in [6.07, 6.45) is 0. The van der Waals surface area contributed by atoms with E-state index in [0.717, 1.165) is 0 Å². The molecule has 0 amide bonds. The first-order chi connectivity index (χ1) is 11.3. The van der Waals surface area contributed by atoms with Gasteiger partial charge in [-0.3, -0.25) is 4.55 Å². The Balaban J connectivity index is 0.00000312. The van der Waals surface area contributed by atoms with Crippen molar-refractivity contribution >= 4 is 16.1 Å². The molecule has 8 heteroatoms. The summed E-state index contributed by atoms with van der Waals surface area (Å²) < 4.78 is 35.7. The molecule has 0 aromatic heterocycles. The van der Waals surface area contributed by atoms with Crippen LogP contribution in [0.3, 0.4) is 0 Å². The summed E-state index contributed by atoms with van der Waals surface area (Å²) in [5.74, 6) is 4.76. The molecule has 2 aromatic rings. The largest absolute Gasteiger partial charge is 1.00 e. The van der Waals surface area contributed by atoms with Gasteiger partial charge in [0.2, 0.25) is 0 Å². The van der Waals surface area contributed by atoms with Crippen molar-refractivity contribution in [2.75, 3.05) is 6.61 Å². The molecule has 0 atom stereocenters. The van der Waals surface area contributed by atoms with Crippen LogP contribution in [0.1, 0.15) is 28.4 Å². The van der Waals surface area contributed by atoms with Crippen LogP contribution in [0, 0.1) is 11.8 Å². The van der Waals surface area contributed by atoms with Gasteiger partial charge in [-0.25, -0.2) is 4.79 Å². The summed E-state index contributed by atoms with van der Waals surface area (Å²) in [5, 5.41) is 9.69. The number of carbonyl (C=O) groups excluding carboxylic acids is 1. The fourth-order valence-electron chi connectivity index (χ4n) is 1.84. The van der Waals surface area contributed by atoms with Gasteiger partial charge < -0.3 is 9.84 Å². The Labute approximate surface area is 188 Å². The van der Waals surface area contributed by atoms with E-state index in [0.29, 0.717) is 11.1 Å². The Morgan fingerprint density at radius 1 is 1.08 bits per heavy atom. The Morgan fingerprint density at radius 2 is 1.64 bits per heavy atom. The minimum Gasteiger partial charge on any atom is -0.507 e. The molecule has 0 saturated carbocycles. The van der Waals surface area contributed by atoms with Gasteiger partial charge in [-0.05, 0) is 49.4 Å². The summed E-state index contributed by atoms with van der Waals surface area (Å²) >= 11 is 0. The van der Waals surface area contributed by atoms with Crippen LogP contribution in [0.5, 0.6) is 5.75 Å². The van der Waals surface area contributed by atoms with E-state index in [9.17, 15) is 18.3 Å². The number of phenols is 1. The maximum atomic E-state index is 11.7. The van der Waals surface area contributed by atoms with E-state index in [2.05, 4.69) is 11.8 Å². The van der Waals surface area contributed by atoms with E-state index in [-0.39, 0.29) is 74.2 Å². The van der Waals surface area contributed by atoms with Crippen LogP contribution in [0.2, 0.25) is 0 Å². The standard InChI is InChI=1S/C17H14O6S.K/c1-2-23-17(19)15-11-13(7-10-16(15)18)4-3-12-5-8-14(9-6-12)24(20,21)22;/h5-11,18H,2H2,1H3,(H,20,21,22);/q;+1. The molecular formula is C17H14KO6S+. The second kappa shape index (κ2) is 9.50. The molecule has 0 bridgehead atoms. The van der Waals surface area contributed by atoms with Gasteiger partial charge in [0.1, 0.15) is 11.3 Å². The average molecular weight is 385 g/mol. The van der Waals surface area contributed by atoms with Gasteiger partial charge in [0.15, 0.2) is 0 Å². The molecule has 0 aliphatic carbocycles. The maximum Gasteiger partial charge on any atom is 1.00 e. The summed E-state index contributed by atoms with van der Waals surface area (Å²) in [6.45, 7) is 1.85. The molecule has 124 valence electrons. The first-order valence-corrected chi connectivity index (χ1v) is 8.35. The van der Waals surface area contributed by atoms with Crippen LogP contribution >= 0.6 is 0 Å². The van der Waals surface area contributed by atoms with Gasteiger partial charge in [-0.1, -0.05) is 11.8 Å². The van der Waals surface area contributed by atoms with E-state index in [4.69, 9.17) is 9.29 Å². The number of esters is 1. The van der Waals surface area contributed by atoms with Crippen molar-refractivity contribution in [2.24, 2.45) is 0 Å². The second-order valence-corrected chi connectivity index (χ2v) is 6.12. The minimum absolute atomic E-state index is 0. The summed E-state index contributed by atoms with van der Waals surface area (Å²) in [7, 11) is -4.24.